The molecule has 0 bridgehead atoms. The summed E-state index contributed by atoms with van der Waals surface area (Å²) >= 11 is 0. The Labute approximate surface area is 119 Å². The van der Waals surface area contributed by atoms with E-state index in [1.807, 2.05) is 19.1 Å². The summed E-state index contributed by atoms with van der Waals surface area (Å²) < 4.78 is 5.64. The summed E-state index contributed by atoms with van der Waals surface area (Å²) in [4.78, 5) is 8.29. The van der Waals surface area contributed by atoms with Crippen LogP contribution in [0.25, 0.3) is 0 Å². The Morgan fingerprint density at radius 1 is 1.05 bits per heavy atom. The predicted molar refractivity (Wildman–Crippen MR) is 78.1 cm³/mol. The monoisotopic (exact) mass is 269 g/mol. The van der Waals surface area contributed by atoms with Gasteiger partial charge in [-0.05, 0) is 62.0 Å². The molecule has 1 aromatic carbocycles. The van der Waals surface area contributed by atoms with E-state index >= 15 is 0 Å². The smallest absolute Gasteiger partial charge is 0.321 e. The van der Waals surface area contributed by atoms with E-state index in [2.05, 4.69) is 27.4 Å². The van der Waals surface area contributed by atoms with Gasteiger partial charge >= 0.3 is 6.01 Å². The number of aryl methyl sites for hydroxylation is 1. The molecule has 2 heterocycles. The molecule has 0 spiro atoms. The quantitative estimate of drug-likeness (QED) is 0.930. The Bertz CT molecular complexity index is 545. The fourth-order valence-corrected chi connectivity index (χ4v) is 2.50. The van der Waals surface area contributed by atoms with Crippen LogP contribution in [0, 0.1) is 6.92 Å². The SMILES string of the molecule is Cc1cnc(Oc2ccc(C3CCNCC3)cc2)nc1. The highest BCUT2D eigenvalue weighted by Crippen LogP contribution is 2.27. The van der Waals surface area contributed by atoms with E-state index in [1.165, 1.54) is 18.4 Å². The van der Waals surface area contributed by atoms with Crippen molar-refractivity contribution >= 4 is 0 Å². The highest BCUT2D eigenvalue weighted by atomic mass is 16.5. The topological polar surface area (TPSA) is 47.0 Å². The van der Waals surface area contributed by atoms with E-state index in [1.54, 1.807) is 12.4 Å². The van der Waals surface area contributed by atoms with Crippen LogP contribution in [0.2, 0.25) is 0 Å². The summed E-state index contributed by atoms with van der Waals surface area (Å²) in [7, 11) is 0. The second-order valence-corrected chi connectivity index (χ2v) is 5.24. The summed E-state index contributed by atoms with van der Waals surface area (Å²) in [6, 6.07) is 8.70. The first kappa shape index (κ1) is 13.1. The minimum Gasteiger partial charge on any atom is -0.424 e. The van der Waals surface area contributed by atoms with E-state index in [0.717, 1.165) is 24.4 Å². The van der Waals surface area contributed by atoms with Crippen molar-refractivity contribution < 1.29 is 4.74 Å². The molecule has 20 heavy (non-hydrogen) atoms. The van der Waals surface area contributed by atoms with E-state index in [4.69, 9.17) is 4.74 Å². The molecule has 1 aliphatic heterocycles. The fourth-order valence-electron chi connectivity index (χ4n) is 2.50. The molecule has 3 rings (SSSR count). The van der Waals surface area contributed by atoms with Gasteiger partial charge in [-0.25, -0.2) is 9.97 Å². The average Bonchev–Trinajstić information content (AvgIpc) is 2.51. The minimum absolute atomic E-state index is 0.394. The predicted octanol–water partition coefficient (Wildman–Crippen LogP) is 3.04. The largest absolute Gasteiger partial charge is 0.424 e. The lowest BCUT2D eigenvalue weighted by Gasteiger charge is -2.23. The lowest BCUT2D eigenvalue weighted by molar-refractivity contribution is 0.439. The molecule has 0 radical (unpaired) electrons. The van der Waals surface area contributed by atoms with Crippen LogP contribution in [-0.2, 0) is 0 Å². The molecule has 0 atom stereocenters. The fraction of sp³-hybridized carbons (Fsp3) is 0.375. The molecule has 1 saturated heterocycles. The number of hydrogen-bond donors (Lipinski definition) is 1. The molecule has 1 aliphatic rings. The molecule has 0 saturated carbocycles. The van der Waals surface area contributed by atoms with Gasteiger partial charge in [-0.3, -0.25) is 0 Å². The number of hydrogen-bond acceptors (Lipinski definition) is 4. The highest BCUT2D eigenvalue weighted by Gasteiger charge is 2.14. The summed E-state index contributed by atoms with van der Waals surface area (Å²) in [6.07, 6.45) is 5.93. The van der Waals surface area contributed by atoms with Gasteiger partial charge in [0.1, 0.15) is 5.75 Å². The maximum absolute atomic E-state index is 5.64. The van der Waals surface area contributed by atoms with Gasteiger partial charge in [0.15, 0.2) is 0 Å². The number of ether oxygens (including phenoxy) is 1. The maximum Gasteiger partial charge on any atom is 0.321 e. The van der Waals surface area contributed by atoms with Crippen LogP contribution >= 0.6 is 0 Å². The van der Waals surface area contributed by atoms with Gasteiger partial charge in [-0.1, -0.05) is 12.1 Å². The number of rotatable bonds is 3. The lowest BCUT2D eigenvalue weighted by atomic mass is 9.90. The van der Waals surface area contributed by atoms with Crippen LogP contribution in [0.3, 0.4) is 0 Å². The highest BCUT2D eigenvalue weighted by molar-refractivity contribution is 5.31. The number of nitrogens with zero attached hydrogens (tertiary/aromatic N) is 2. The van der Waals surface area contributed by atoms with Gasteiger partial charge in [0.05, 0.1) is 0 Å². The Kier molecular flexibility index (Phi) is 3.92. The van der Waals surface area contributed by atoms with Crippen LogP contribution in [0.5, 0.6) is 11.8 Å². The van der Waals surface area contributed by atoms with Crippen molar-refractivity contribution in [2.45, 2.75) is 25.7 Å². The van der Waals surface area contributed by atoms with Crippen LogP contribution in [0.15, 0.2) is 36.7 Å². The number of piperidine rings is 1. The average molecular weight is 269 g/mol. The molecule has 0 amide bonds. The summed E-state index contributed by atoms with van der Waals surface area (Å²) in [6.45, 7) is 4.18. The molecular weight excluding hydrogens is 250 g/mol. The summed E-state index contributed by atoms with van der Waals surface area (Å²) in [5, 5.41) is 3.39. The molecule has 104 valence electrons. The van der Waals surface area contributed by atoms with Crippen LogP contribution < -0.4 is 10.1 Å². The molecule has 0 aliphatic carbocycles. The number of nitrogens with one attached hydrogen (secondary N) is 1. The molecule has 1 aromatic heterocycles. The summed E-state index contributed by atoms with van der Waals surface area (Å²) in [5.74, 6) is 1.45. The van der Waals surface area contributed by atoms with Crippen molar-refractivity contribution in [2.24, 2.45) is 0 Å². The van der Waals surface area contributed by atoms with Gasteiger partial charge in [0, 0.05) is 12.4 Å². The van der Waals surface area contributed by atoms with E-state index in [9.17, 15) is 0 Å². The molecule has 4 nitrogen and oxygen atoms in total. The van der Waals surface area contributed by atoms with Crippen molar-refractivity contribution in [1.82, 2.24) is 15.3 Å². The standard InChI is InChI=1S/C16H19N3O/c1-12-10-18-16(19-11-12)20-15-4-2-13(3-5-15)14-6-8-17-9-7-14/h2-5,10-11,14,17H,6-9H2,1H3. The Morgan fingerprint density at radius 2 is 1.70 bits per heavy atom. The molecule has 0 unspecified atom stereocenters. The second-order valence-electron chi connectivity index (χ2n) is 5.24. The molecule has 4 heteroatoms. The lowest BCUT2D eigenvalue weighted by Crippen LogP contribution is -2.26. The first-order valence-electron chi connectivity index (χ1n) is 7.08. The maximum atomic E-state index is 5.64. The van der Waals surface area contributed by atoms with Crippen molar-refractivity contribution in [1.29, 1.82) is 0 Å². The van der Waals surface area contributed by atoms with Crippen molar-refractivity contribution in [3.63, 3.8) is 0 Å². The third-order valence-corrected chi connectivity index (χ3v) is 3.66. The Balaban J connectivity index is 1.67. The van der Waals surface area contributed by atoms with E-state index in [-0.39, 0.29) is 0 Å². The molecular formula is C16H19N3O. The second kappa shape index (κ2) is 6.01. The van der Waals surface area contributed by atoms with E-state index < -0.39 is 0 Å². The zero-order chi connectivity index (χ0) is 13.8. The Hall–Kier alpha value is -1.94. The van der Waals surface area contributed by atoms with Crippen molar-refractivity contribution in [2.75, 3.05) is 13.1 Å². The molecule has 2 aromatic rings. The van der Waals surface area contributed by atoms with Gasteiger partial charge in [0.2, 0.25) is 0 Å². The number of benzene rings is 1. The normalized spacial score (nSPS) is 16.1. The van der Waals surface area contributed by atoms with Gasteiger partial charge < -0.3 is 10.1 Å². The minimum atomic E-state index is 0.394. The van der Waals surface area contributed by atoms with E-state index in [0.29, 0.717) is 11.9 Å². The Morgan fingerprint density at radius 3 is 2.35 bits per heavy atom. The first-order valence-corrected chi connectivity index (χ1v) is 7.08. The van der Waals surface area contributed by atoms with Crippen molar-refractivity contribution in [3.05, 3.63) is 47.8 Å². The number of aromatic nitrogens is 2. The summed E-state index contributed by atoms with van der Waals surface area (Å²) in [5.41, 5.74) is 2.42. The molecule has 1 N–H and O–H groups in total. The van der Waals surface area contributed by atoms with Crippen LogP contribution in [0.1, 0.15) is 29.9 Å². The zero-order valence-corrected chi connectivity index (χ0v) is 11.7. The van der Waals surface area contributed by atoms with Gasteiger partial charge in [-0.15, -0.1) is 0 Å². The van der Waals surface area contributed by atoms with Crippen LogP contribution in [-0.4, -0.2) is 23.1 Å². The van der Waals surface area contributed by atoms with Crippen molar-refractivity contribution in [3.8, 4) is 11.8 Å². The molecule has 1 fully saturated rings. The van der Waals surface area contributed by atoms with Gasteiger partial charge in [-0.2, -0.15) is 0 Å². The van der Waals surface area contributed by atoms with Gasteiger partial charge in [0.25, 0.3) is 0 Å². The van der Waals surface area contributed by atoms with Crippen LogP contribution in [0.4, 0.5) is 0 Å². The first-order chi connectivity index (χ1) is 9.81. The third-order valence-electron chi connectivity index (χ3n) is 3.66. The third kappa shape index (κ3) is 3.14. The zero-order valence-electron chi connectivity index (χ0n) is 11.7.